The molecule has 0 aromatic carbocycles. The molecule has 0 saturated carbocycles. The molecule has 0 amide bonds. The van der Waals surface area contributed by atoms with Crippen LogP contribution in [0.3, 0.4) is 0 Å². The van der Waals surface area contributed by atoms with Gasteiger partial charge in [0.25, 0.3) is 6.47 Å². The summed E-state index contributed by atoms with van der Waals surface area (Å²) in [7, 11) is 0. The van der Waals surface area contributed by atoms with Crippen LogP contribution in [0, 0.1) is 0 Å². The molecule has 0 aromatic heterocycles. The van der Waals surface area contributed by atoms with E-state index in [4.69, 9.17) is 28.4 Å². The first-order chi connectivity index (χ1) is 12.1. The smallest absolute Gasteiger partial charge is 0.305 e. The Bertz CT molecular complexity index is 558. The average Bonchev–Trinajstić information content (AvgIpc) is 2.49. The van der Waals surface area contributed by atoms with E-state index < -0.39 is 61.2 Å². The van der Waals surface area contributed by atoms with Crippen molar-refractivity contribution in [2.24, 2.45) is 0 Å². The average molecular weight is 376 g/mol. The molecular weight excluding hydrogens is 356 g/mol. The summed E-state index contributed by atoms with van der Waals surface area (Å²) in [6.07, 6.45) is -6.68. The molecule has 0 aliphatic carbocycles. The van der Waals surface area contributed by atoms with Gasteiger partial charge in [-0.15, -0.1) is 0 Å². The maximum Gasteiger partial charge on any atom is 0.305 e. The molecule has 0 aromatic rings. The zero-order chi connectivity index (χ0) is 19.9. The lowest BCUT2D eigenvalue weighted by Crippen LogP contribution is -2.62. The van der Waals surface area contributed by atoms with Gasteiger partial charge in [0.1, 0.15) is 12.7 Å². The van der Waals surface area contributed by atoms with Gasteiger partial charge in [0.15, 0.2) is 12.2 Å². The highest BCUT2D eigenvalue weighted by Crippen LogP contribution is 2.29. The lowest BCUT2D eigenvalue weighted by atomic mass is 9.98. The molecule has 11 nitrogen and oxygen atoms in total. The summed E-state index contributed by atoms with van der Waals surface area (Å²) in [4.78, 5) is 56.1. The summed E-state index contributed by atoms with van der Waals surface area (Å²) < 4.78 is 30.3. The Balaban J connectivity index is 3.23. The van der Waals surface area contributed by atoms with E-state index in [1.54, 1.807) is 0 Å². The fourth-order valence-corrected chi connectivity index (χ4v) is 2.34. The maximum atomic E-state index is 11.5. The number of carbonyl (C=O) groups is 5. The van der Waals surface area contributed by atoms with Gasteiger partial charge in [0.05, 0.1) is 0 Å². The van der Waals surface area contributed by atoms with E-state index in [1.807, 2.05) is 0 Å². The predicted octanol–water partition coefficient (Wildman–Crippen LogP) is -0.757. The Labute approximate surface area is 148 Å². The van der Waals surface area contributed by atoms with Gasteiger partial charge in [-0.05, 0) is 0 Å². The summed E-state index contributed by atoms with van der Waals surface area (Å²) in [5.41, 5.74) is 0. The molecule has 1 fully saturated rings. The molecule has 5 atom stereocenters. The molecule has 146 valence electrons. The van der Waals surface area contributed by atoms with Crippen LogP contribution in [0.5, 0.6) is 0 Å². The number of hydrogen-bond donors (Lipinski definition) is 0. The first-order valence-corrected chi connectivity index (χ1v) is 7.55. The molecular formula is C15H20O11. The second-order valence-electron chi connectivity index (χ2n) is 5.30. The van der Waals surface area contributed by atoms with Crippen molar-refractivity contribution in [2.45, 2.75) is 58.4 Å². The van der Waals surface area contributed by atoms with Crippen molar-refractivity contribution in [2.75, 3.05) is 6.61 Å². The van der Waals surface area contributed by atoms with Crippen LogP contribution in [0.4, 0.5) is 0 Å². The fraction of sp³-hybridized carbons (Fsp3) is 0.667. The largest absolute Gasteiger partial charge is 0.463 e. The Morgan fingerprint density at radius 1 is 0.808 bits per heavy atom. The van der Waals surface area contributed by atoms with Crippen LogP contribution in [0.15, 0.2) is 0 Å². The van der Waals surface area contributed by atoms with Crippen LogP contribution >= 0.6 is 0 Å². The molecule has 5 unspecified atom stereocenters. The number of esters is 4. The van der Waals surface area contributed by atoms with Gasteiger partial charge in [-0.1, -0.05) is 0 Å². The molecule has 1 saturated heterocycles. The van der Waals surface area contributed by atoms with Crippen LogP contribution in [0.1, 0.15) is 27.7 Å². The van der Waals surface area contributed by atoms with Gasteiger partial charge in [0, 0.05) is 27.7 Å². The highest BCUT2D eigenvalue weighted by molar-refractivity contribution is 5.68. The Morgan fingerprint density at radius 3 is 1.81 bits per heavy atom. The second-order valence-corrected chi connectivity index (χ2v) is 5.30. The quantitative estimate of drug-likeness (QED) is 0.314. The van der Waals surface area contributed by atoms with Crippen LogP contribution in [-0.4, -0.2) is 67.7 Å². The van der Waals surface area contributed by atoms with E-state index in [0.717, 1.165) is 27.7 Å². The third kappa shape index (κ3) is 6.31. The monoisotopic (exact) mass is 376 g/mol. The Morgan fingerprint density at radius 2 is 1.35 bits per heavy atom. The van der Waals surface area contributed by atoms with Crippen molar-refractivity contribution in [3.05, 3.63) is 0 Å². The highest BCUT2D eigenvalue weighted by atomic mass is 16.7. The lowest BCUT2D eigenvalue weighted by Gasteiger charge is -2.43. The van der Waals surface area contributed by atoms with Crippen molar-refractivity contribution < 1.29 is 52.4 Å². The van der Waals surface area contributed by atoms with Crippen LogP contribution in [-0.2, 0) is 52.4 Å². The molecule has 0 radical (unpaired) electrons. The minimum atomic E-state index is -1.48. The van der Waals surface area contributed by atoms with Crippen LogP contribution < -0.4 is 0 Å². The molecule has 1 rings (SSSR count). The van der Waals surface area contributed by atoms with E-state index in [-0.39, 0.29) is 6.47 Å². The van der Waals surface area contributed by atoms with Gasteiger partial charge in [0.2, 0.25) is 12.4 Å². The first kappa shape index (κ1) is 21.4. The standard InChI is InChI=1S/C15H20O11/c1-7(17)21-5-11-12(23-8(2)18)13(24-9(3)19)14(22-6-16)15(26-11)25-10(4)20/h6,11-15H,5H2,1-4H3. The lowest BCUT2D eigenvalue weighted by molar-refractivity contribution is -0.298. The van der Waals surface area contributed by atoms with Crippen LogP contribution in [0.25, 0.3) is 0 Å². The minimum absolute atomic E-state index is 0.0399. The SMILES string of the molecule is CC(=O)OCC1OC(OC(C)=O)C(OC=O)C(OC(C)=O)C1OC(C)=O. The van der Waals surface area contributed by atoms with Gasteiger partial charge in [-0.3, -0.25) is 24.0 Å². The molecule has 0 spiro atoms. The Kier molecular flexibility index (Phi) is 7.97. The topological polar surface area (TPSA) is 141 Å². The molecule has 11 heteroatoms. The van der Waals surface area contributed by atoms with Gasteiger partial charge in [-0.2, -0.15) is 0 Å². The first-order valence-electron chi connectivity index (χ1n) is 7.55. The molecule has 1 aliphatic heterocycles. The normalized spacial score (nSPS) is 27.6. The molecule has 0 bridgehead atoms. The van der Waals surface area contributed by atoms with E-state index in [2.05, 4.69) is 0 Å². The number of rotatable bonds is 7. The zero-order valence-corrected chi connectivity index (χ0v) is 14.7. The van der Waals surface area contributed by atoms with E-state index in [9.17, 15) is 24.0 Å². The fourth-order valence-electron chi connectivity index (χ4n) is 2.34. The number of hydrogen-bond acceptors (Lipinski definition) is 11. The van der Waals surface area contributed by atoms with E-state index in [1.165, 1.54) is 0 Å². The van der Waals surface area contributed by atoms with Gasteiger partial charge in [-0.25, -0.2) is 0 Å². The van der Waals surface area contributed by atoms with Crippen LogP contribution in [0.2, 0.25) is 0 Å². The van der Waals surface area contributed by atoms with Crippen molar-refractivity contribution in [3.63, 3.8) is 0 Å². The maximum absolute atomic E-state index is 11.5. The van der Waals surface area contributed by atoms with Crippen molar-refractivity contribution >= 4 is 30.3 Å². The summed E-state index contributed by atoms with van der Waals surface area (Å²) in [5, 5.41) is 0. The van der Waals surface area contributed by atoms with Gasteiger partial charge >= 0.3 is 23.9 Å². The second kappa shape index (κ2) is 9.70. The summed E-state index contributed by atoms with van der Waals surface area (Å²) in [6.45, 7) is 4.06. The number of carbonyl (C=O) groups excluding carboxylic acids is 5. The van der Waals surface area contributed by atoms with E-state index in [0.29, 0.717) is 0 Å². The Hall–Kier alpha value is -2.69. The summed E-state index contributed by atoms with van der Waals surface area (Å²) in [6, 6.07) is 0. The van der Waals surface area contributed by atoms with Gasteiger partial charge < -0.3 is 28.4 Å². The molecule has 0 N–H and O–H groups in total. The van der Waals surface area contributed by atoms with E-state index >= 15 is 0 Å². The third-order valence-corrected chi connectivity index (χ3v) is 3.14. The minimum Gasteiger partial charge on any atom is -0.463 e. The van der Waals surface area contributed by atoms with Crippen molar-refractivity contribution in [1.29, 1.82) is 0 Å². The van der Waals surface area contributed by atoms with Crippen molar-refractivity contribution in [3.8, 4) is 0 Å². The molecule has 1 heterocycles. The molecule has 1 aliphatic rings. The van der Waals surface area contributed by atoms with Crippen molar-refractivity contribution in [1.82, 2.24) is 0 Å². The zero-order valence-electron chi connectivity index (χ0n) is 14.7. The third-order valence-electron chi connectivity index (χ3n) is 3.14. The molecule has 26 heavy (non-hydrogen) atoms. The number of ether oxygens (including phenoxy) is 6. The highest BCUT2D eigenvalue weighted by Gasteiger charge is 2.53. The predicted molar refractivity (Wildman–Crippen MR) is 79.1 cm³/mol. The summed E-state index contributed by atoms with van der Waals surface area (Å²) in [5.74, 6) is -2.94. The summed E-state index contributed by atoms with van der Waals surface area (Å²) >= 11 is 0.